The number of furan rings is 2. The monoisotopic (exact) mass is 328 g/mol. The van der Waals surface area contributed by atoms with Crippen LogP contribution in [0.2, 0.25) is 0 Å². The maximum Gasteiger partial charge on any atom is 0.212 e. The highest BCUT2D eigenvalue weighted by atomic mass is 16.4. The van der Waals surface area contributed by atoms with E-state index in [4.69, 9.17) is 8.83 Å². The van der Waals surface area contributed by atoms with Gasteiger partial charge in [0, 0.05) is 12.1 Å². The molecule has 0 aliphatic rings. The molecule has 25 heavy (non-hydrogen) atoms. The van der Waals surface area contributed by atoms with Gasteiger partial charge in [0.05, 0.1) is 16.3 Å². The van der Waals surface area contributed by atoms with E-state index in [0.717, 1.165) is 33.1 Å². The van der Waals surface area contributed by atoms with E-state index in [0.29, 0.717) is 0 Å². The first kappa shape index (κ1) is 14.3. The number of benzene rings is 2. The molecule has 3 heterocycles. The Morgan fingerprint density at radius 3 is 2.44 bits per heavy atom. The van der Waals surface area contributed by atoms with Gasteiger partial charge in [0.1, 0.15) is 18.2 Å². The predicted octanol–water partition coefficient (Wildman–Crippen LogP) is 5.44. The van der Waals surface area contributed by atoms with Crippen LogP contribution in [0.25, 0.3) is 44.4 Å². The first-order chi connectivity index (χ1) is 12.1. The second kappa shape index (κ2) is 4.96. The van der Waals surface area contributed by atoms with Crippen LogP contribution in [0.1, 0.15) is 11.1 Å². The molecule has 0 spiro atoms. The van der Waals surface area contributed by atoms with Crippen molar-refractivity contribution < 1.29 is 13.4 Å². The summed E-state index contributed by atoms with van der Waals surface area (Å²) in [6.07, 6.45) is 2.09. The SMILES string of the molecule is Cc1cc[n+](C)c(-c2cc3oc4c5ccccc5oc4c3cc2C)c1. The van der Waals surface area contributed by atoms with Gasteiger partial charge in [-0.3, -0.25) is 0 Å². The molecule has 0 aliphatic carbocycles. The third kappa shape index (κ3) is 2.02. The van der Waals surface area contributed by atoms with Crippen molar-refractivity contribution in [1.29, 1.82) is 0 Å². The van der Waals surface area contributed by atoms with Crippen LogP contribution in [0, 0.1) is 13.8 Å². The molecule has 0 amide bonds. The van der Waals surface area contributed by atoms with Crippen LogP contribution in [0.4, 0.5) is 0 Å². The number of rotatable bonds is 1. The maximum absolute atomic E-state index is 6.19. The van der Waals surface area contributed by atoms with E-state index in [1.165, 1.54) is 22.4 Å². The van der Waals surface area contributed by atoms with Gasteiger partial charge >= 0.3 is 0 Å². The van der Waals surface area contributed by atoms with E-state index in [1.54, 1.807) is 0 Å². The van der Waals surface area contributed by atoms with Crippen molar-refractivity contribution in [2.45, 2.75) is 13.8 Å². The minimum atomic E-state index is 0.829. The molecule has 0 fully saturated rings. The molecule has 3 nitrogen and oxygen atoms in total. The van der Waals surface area contributed by atoms with Gasteiger partial charge < -0.3 is 8.83 Å². The van der Waals surface area contributed by atoms with Gasteiger partial charge in [-0.2, -0.15) is 0 Å². The molecular weight excluding hydrogens is 310 g/mol. The standard InChI is InChI=1S/C22H18NO2/c1-13-8-9-23(3)18(10-13)16-12-20-17(11-14(16)2)22-21(25-20)15-6-4-5-7-19(15)24-22/h4-12H,1-3H3/q+1. The molecule has 0 saturated heterocycles. The normalized spacial score (nSPS) is 11.8. The average molecular weight is 328 g/mol. The summed E-state index contributed by atoms with van der Waals surface area (Å²) in [7, 11) is 2.07. The van der Waals surface area contributed by atoms with E-state index in [-0.39, 0.29) is 0 Å². The molecular formula is C22H18NO2+. The summed E-state index contributed by atoms with van der Waals surface area (Å²) in [6.45, 7) is 4.25. The Morgan fingerprint density at radius 1 is 0.800 bits per heavy atom. The Morgan fingerprint density at radius 2 is 1.56 bits per heavy atom. The Hall–Kier alpha value is -3.07. The zero-order chi connectivity index (χ0) is 17.1. The predicted molar refractivity (Wildman–Crippen MR) is 99.6 cm³/mol. The second-order valence-electron chi connectivity index (χ2n) is 6.72. The fraction of sp³-hybridized carbons (Fsp3) is 0.136. The zero-order valence-corrected chi connectivity index (χ0v) is 14.5. The number of pyridine rings is 1. The summed E-state index contributed by atoms with van der Waals surface area (Å²) in [4.78, 5) is 0. The lowest BCUT2D eigenvalue weighted by Crippen LogP contribution is -2.30. The molecule has 2 aromatic carbocycles. The quantitative estimate of drug-likeness (QED) is 0.384. The van der Waals surface area contributed by atoms with Crippen LogP contribution in [0.5, 0.6) is 0 Å². The van der Waals surface area contributed by atoms with E-state index in [2.05, 4.69) is 55.9 Å². The first-order valence-corrected chi connectivity index (χ1v) is 8.43. The third-order valence-electron chi connectivity index (χ3n) is 4.91. The number of aromatic nitrogens is 1. The molecule has 0 atom stereocenters. The van der Waals surface area contributed by atoms with Crippen LogP contribution >= 0.6 is 0 Å². The maximum atomic E-state index is 6.19. The van der Waals surface area contributed by atoms with Gasteiger partial charge in [-0.1, -0.05) is 12.1 Å². The highest BCUT2D eigenvalue weighted by Crippen LogP contribution is 2.38. The van der Waals surface area contributed by atoms with Crippen molar-refractivity contribution in [3.63, 3.8) is 0 Å². The van der Waals surface area contributed by atoms with E-state index < -0.39 is 0 Å². The zero-order valence-electron chi connectivity index (χ0n) is 14.5. The first-order valence-electron chi connectivity index (χ1n) is 8.43. The smallest absolute Gasteiger partial charge is 0.212 e. The van der Waals surface area contributed by atoms with Crippen LogP contribution in [-0.2, 0) is 7.05 Å². The number of hydrogen-bond donors (Lipinski definition) is 0. The molecule has 3 heteroatoms. The molecule has 0 saturated carbocycles. The van der Waals surface area contributed by atoms with E-state index in [9.17, 15) is 0 Å². The molecule has 0 aliphatic heterocycles. The van der Waals surface area contributed by atoms with Gasteiger partial charge in [0.15, 0.2) is 17.4 Å². The largest absolute Gasteiger partial charge is 0.452 e. The van der Waals surface area contributed by atoms with Gasteiger partial charge in [-0.15, -0.1) is 0 Å². The summed E-state index contributed by atoms with van der Waals surface area (Å²) in [5, 5.41) is 2.05. The van der Waals surface area contributed by atoms with Crippen LogP contribution in [0.15, 0.2) is 63.6 Å². The second-order valence-corrected chi connectivity index (χ2v) is 6.72. The molecule has 0 bridgehead atoms. The van der Waals surface area contributed by atoms with Crippen LogP contribution in [-0.4, -0.2) is 0 Å². The molecule has 5 rings (SSSR count). The Labute approximate surface area is 145 Å². The Bertz CT molecular complexity index is 1270. The molecule has 0 unspecified atom stereocenters. The minimum Gasteiger partial charge on any atom is -0.452 e. The van der Waals surface area contributed by atoms with Gasteiger partial charge in [0.2, 0.25) is 5.69 Å². The van der Waals surface area contributed by atoms with Gasteiger partial charge in [0.25, 0.3) is 0 Å². The van der Waals surface area contributed by atoms with E-state index in [1.807, 2.05) is 24.3 Å². The highest BCUT2D eigenvalue weighted by molar-refractivity contribution is 6.13. The van der Waals surface area contributed by atoms with Gasteiger partial charge in [-0.25, -0.2) is 4.57 Å². The summed E-state index contributed by atoms with van der Waals surface area (Å²) in [6, 6.07) is 16.6. The number of fused-ring (bicyclic) bond motifs is 5. The molecule has 0 radical (unpaired) electrons. The Kier molecular flexibility index (Phi) is 2.84. The lowest BCUT2D eigenvalue weighted by molar-refractivity contribution is -0.660. The number of hydrogen-bond acceptors (Lipinski definition) is 2. The Balaban J connectivity index is 1.84. The van der Waals surface area contributed by atoms with Crippen molar-refractivity contribution in [1.82, 2.24) is 0 Å². The van der Waals surface area contributed by atoms with Crippen LogP contribution in [0.3, 0.4) is 0 Å². The van der Waals surface area contributed by atoms with Crippen molar-refractivity contribution >= 4 is 33.1 Å². The van der Waals surface area contributed by atoms with Crippen LogP contribution < -0.4 is 4.57 Å². The molecule has 3 aromatic heterocycles. The van der Waals surface area contributed by atoms with E-state index >= 15 is 0 Å². The summed E-state index contributed by atoms with van der Waals surface area (Å²) in [5.41, 5.74) is 8.20. The van der Waals surface area contributed by atoms with Crippen molar-refractivity contribution in [2.24, 2.45) is 7.05 Å². The fourth-order valence-corrected chi connectivity index (χ4v) is 3.58. The van der Waals surface area contributed by atoms with Gasteiger partial charge in [-0.05, 0) is 49.2 Å². The highest BCUT2D eigenvalue weighted by Gasteiger charge is 2.19. The van der Waals surface area contributed by atoms with Crippen molar-refractivity contribution in [2.75, 3.05) is 0 Å². The van der Waals surface area contributed by atoms with Crippen molar-refractivity contribution in [3.05, 3.63) is 65.9 Å². The van der Waals surface area contributed by atoms with Crippen molar-refractivity contribution in [3.8, 4) is 11.3 Å². The molecule has 0 N–H and O–H groups in total. The summed E-state index contributed by atoms with van der Waals surface area (Å²) < 4.78 is 14.4. The fourth-order valence-electron chi connectivity index (χ4n) is 3.58. The third-order valence-corrected chi connectivity index (χ3v) is 4.91. The minimum absolute atomic E-state index is 0.829. The number of nitrogens with zero attached hydrogens (tertiary/aromatic N) is 1. The molecule has 5 aromatic rings. The number of para-hydroxylation sites is 1. The summed E-state index contributed by atoms with van der Waals surface area (Å²) in [5.74, 6) is 0. The average Bonchev–Trinajstić information content (AvgIpc) is 3.13. The number of aryl methyl sites for hydroxylation is 3. The lowest BCUT2D eigenvalue weighted by Gasteiger charge is -2.05. The molecule has 122 valence electrons. The lowest BCUT2D eigenvalue weighted by atomic mass is 10.0. The topological polar surface area (TPSA) is 30.2 Å². The summed E-state index contributed by atoms with van der Waals surface area (Å²) >= 11 is 0.